The minimum atomic E-state index is -1.01. The van der Waals surface area contributed by atoms with Gasteiger partial charge in [0.1, 0.15) is 5.54 Å². The van der Waals surface area contributed by atoms with Crippen LogP contribution in [0, 0.1) is 0 Å². The number of hydrogen-bond acceptors (Lipinski definition) is 4. The van der Waals surface area contributed by atoms with Crippen LogP contribution >= 0.6 is 0 Å². The smallest absolute Gasteiger partial charge is 0.250 e. The van der Waals surface area contributed by atoms with Crippen LogP contribution in [0.2, 0.25) is 0 Å². The lowest BCUT2D eigenvalue weighted by molar-refractivity contribution is -0.128. The molecule has 2 N–H and O–H groups in total. The normalized spacial score (nSPS) is 15.7. The molecule has 0 saturated carbocycles. The molecule has 142 valence electrons. The van der Waals surface area contributed by atoms with Crippen molar-refractivity contribution in [3.8, 4) is 0 Å². The molecule has 0 saturated heterocycles. The second-order valence-electron chi connectivity index (χ2n) is 7.28. The van der Waals surface area contributed by atoms with Gasteiger partial charge in [0.15, 0.2) is 0 Å². The van der Waals surface area contributed by atoms with E-state index in [1.807, 2.05) is 39.0 Å². The van der Waals surface area contributed by atoms with Crippen molar-refractivity contribution in [2.45, 2.75) is 46.2 Å². The van der Waals surface area contributed by atoms with E-state index in [9.17, 15) is 14.4 Å². The van der Waals surface area contributed by atoms with Crippen LogP contribution in [0.15, 0.2) is 24.3 Å². The lowest BCUT2D eigenvalue weighted by atomic mass is 9.96. The molecule has 1 heterocycles. The molecule has 7 heteroatoms. The molecule has 0 spiro atoms. The van der Waals surface area contributed by atoms with E-state index in [4.69, 9.17) is 0 Å². The van der Waals surface area contributed by atoms with E-state index in [2.05, 4.69) is 10.6 Å². The highest BCUT2D eigenvalue weighted by Gasteiger charge is 2.43. The number of carbonyl (C=O) groups excluding carboxylic acids is 3. The van der Waals surface area contributed by atoms with Crippen LogP contribution in [-0.2, 0) is 14.4 Å². The van der Waals surface area contributed by atoms with Gasteiger partial charge in [-0.05, 0) is 46.4 Å². The molecule has 3 amide bonds. The molecule has 0 unspecified atom stereocenters. The maximum absolute atomic E-state index is 13.1. The van der Waals surface area contributed by atoms with Crippen LogP contribution in [-0.4, -0.2) is 53.8 Å². The van der Waals surface area contributed by atoms with Crippen molar-refractivity contribution in [1.82, 2.24) is 10.2 Å². The fourth-order valence-electron chi connectivity index (χ4n) is 3.01. The maximum Gasteiger partial charge on any atom is 0.250 e. The van der Waals surface area contributed by atoms with Crippen molar-refractivity contribution in [2.75, 3.05) is 29.9 Å². The van der Waals surface area contributed by atoms with Gasteiger partial charge in [-0.2, -0.15) is 0 Å². The molecular weight excluding hydrogens is 332 g/mol. The monoisotopic (exact) mass is 360 g/mol. The maximum atomic E-state index is 13.1. The molecule has 1 aliphatic rings. The number of amides is 3. The van der Waals surface area contributed by atoms with Crippen LogP contribution in [0.4, 0.5) is 11.4 Å². The summed E-state index contributed by atoms with van der Waals surface area (Å²) in [6.45, 7) is 9.89. The molecule has 0 bridgehead atoms. The highest BCUT2D eigenvalue weighted by atomic mass is 16.2. The molecule has 1 aliphatic heterocycles. The Kier molecular flexibility index (Phi) is 6.02. The molecule has 0 fully saturated rings. The third-order valence-corrected chi connectivity index (χ3v) is 4.38. The van der Waals surface area contributed by atoms with E-state index in [-0.39, 0.29) is 36.9 Å². The fourth-order valence-corrected chi connectivity index (χ4v) is 3.01. The summed E-state index contributed by atoms with van der Waals surface area (Å²) in [6.07, 6.45) is 0. The molecule has 1 aromatic carbocycles. The predicted molar refractivity (Wildman–Crippen MR) is 102 cm³/mol. The van der Waals surface area contributed by atoms with E-state index in [1.54, 1.807) is 24.8 Å². The minimum absolute atomic E-state index is 0.0495. The highest BCUT2D eigenvalue weighted by molar-refractivity contribution is 6.14. The number of hydrogen-bond donors (Lipinski definition) is 2. The van der Waals surface area contributed by atoms with E-state index >= 15 is 0 Å². The third-order valence-electron chi connectivity index (χ3n) is 4.38. The van der Waals surface area contributed by atoms with Crippen LogP contribution in [0.5, 0.6) is 0 Å². The number of nitrogens with zero attached hydrogens (tertiary/aromatic N) is 2. The Morgan fingerprint density at radius 1 is 1.23 bits per heavy atom. The van der Waals surface area contributed by atoms with Crippen molar-refractivity contribution >= 4 is 29.1 Å². The van der Waals surface area contributed by atoms with Gasteiger partial charge in [-0.15, -0.1) is 0 Å². The second-order valence-corrected chi connectivity index (χ2v) is 7.28. The van der Waals surface area contributed by atoms with Crippen molar-refractivity contribution in [2.24, 2.45) is 0 Å². The van der Waals surface area contributed by atoms with Gasteiger partial charge in [0.05, 0.1) is 24.5 Å². The van der Waals surface area contributed by atoms with Crippen LogP contribution in [0.25, 0.3) is 0 Å². The summed E-state index contributed by atoms with van der Waals surface area (Å²) >= 11 is 0. The van der Waals surface area contributed by atoms with Crippen LogP contribution in [0.1, 0.15) is 34.6 Å². The van der Waals surface area contributed by atoms with Crippen molar-refractivity contribution in [3.63, 3.8) is 0 Å². The average molecular weight is 360 g/mol. The number of nitrogens with one attached hydrogen (secondary N) is 2. The van der Waals surface area contributed by atoms with E-state index < -0.39 is 5.54 Å². The first-order chi connectivity index (χ1) is 12.2. The standard InChI is InChI=1S/C19H28N4O3/c1-6-22(11-16(24)20-13(2)3)12-17(25)23-15-10-8-7-9-14(15)21-18(26)19(23,4)5/h7-10,13H,6,11-12H2,1-5H3,(H,20,24)(H,21,26). The summed E-state index contributed by atoms with van der Waals surface area (Å²) in [5, 5.41) is 5.68. The Labute approximate surface area is 154 Å². The Balaban J connectivity index is 2.21. The van der Waals surface area contributed by atoms with Gasteiger partial charge in [0.25, 0.3) is 0 Å². The Bertz CT molecular complexity index is 700. The Hall–Kier alpha value is -2.41. The number of benzene rings is 1. The predicted octanol–water partition coefficient (Wildman–Crippen LogP) is 1.60. The Morgan fingerprint density at radius 3 is 2.50 bits per heavy atom. The van der Waals surface area contributed by atoms with Gasteiger partial charge in [0, 0.05) is 6.04 Å². The lowest BCUT2D eigenvalue weighted by Gasteiger charge is -2.42. The quantitative estimate of drug-likeness (QED) is 0.807. The van der Waals surface area contributed by atoms with Gasteiger partial charge in [-0.25, -0.2) is 0 Å². The number of carbonyl (C=O) groups is 3. The lowest BCUT2D eigenvalue weighted by Crippen LogP contribution is -2.60. The third kappa shape index (κ3) is 4.22. The first kappa shape index (κ1) is 19.9. The number of anilines is 2. The zero-order chi connectivity index (χ0) is 19.5. The molecule has 2 rings (SSSR count). The summed E-state index contributed by atoms with van der Waals surface area (Å²) in [5.41, 5.74) is 0.279. The minimum Gasteiger partial charge on any atom is -0.353 e. The van der Waals surface area contributed by atoms with Gasteiger partial charge in [-0.3, -0.25) is 24.2 Å². The number of rotatable bonds is 6. The molecule has 7 nitrogen and oxygen atoms in total. The van der Waals surface area contributed by atoms with Crippen LogP contribution < -0.4 is 15.5 Å². The van der Waals surface area contributed by atoms with Gasteiger partial charge in [0.2, 0.25) is 17.7 Å². The number of likely N-dealkylation sites (N-methyl/N-ethyl adjacent to an activating group) is 1. The van der Waals surface area contributed by atoms with E-state index in [0.29, 0.717) is 17.9 Å². The first-order valence-electron chi connectivity index (χ1n) is 8.92. The first-order valence-corrected chi connectivity index (χ1v) is 8.92. The topological polar surface area (TPSA) is 81.8 Å². The molecule has 0 aromatic heterocycles. The highest BCUT2D eigenvalue weighted by Crippen LogP contribution is 2.36. The summed E-state index contributed by atoms with van der Waals surface area (Å²) in [6, 6.07) is 7.29. The van der Waals surface area contributed by atoms with E-state index in [0.717, 1.165) is 0 Å². The average Bonchev–Trinajstić information content (AvgIpc) is 2.54. The SMILES string of the molecule is CCN(CC(=O)NC(C)C)CC(=O)N1c2ccccc2NC(=O)C1(C)C. The van der Waals surface area contributed by atoms with Crippen molar-refractivity contribution in [3.05, 3.63) is 24.3 Å². The fraction of sp³-hybridized carbons (Fsp3) is 0.526. The summed E-state index contributed by atoms with van der Waals surface area (Å²) in [4.78, 5) is 40.9. The summed E-state index contributed by atoms with van der Waals surface area (Å²) < 4.78 is 0. The van der Waals surface area contributed by atoms with Crippen molar-refractivity contribution < 1.29 is 14.4 Å². The number of fused-ring (bicyclic) bond motifs is 1. The van der Waals surface area contributed by atoms with Gasteiger partial charge < -0.3 is 10.6 Å². The van der Waals surface area contributed by atoms with Gasteiger partial charge in [-0.1, -0.05) is 19.1 Å². The zero-order valence-electron chi connectivity index (χ0n) is 16.1. The molecule has 0 radical (unpaired) electrons. The molecule has 26 heavy (non-hydrogen) atoms. The van der Waals surface area contributed by atoms with Crippen LogP contribution in [0.3, 0.4) is 0 Å². The summed E-state index contributed by atoms with van der Waals surface area (Å²) in [5.74, 6) is -0.563. The van der Waals surface area contributed by atoms with E-state index in [1.165, 1.54) is 4.90 Å². The molecule has 1 aromatic rings. The Morgan fingerprint density at radius 2 is 1.88 bits per heavy atom. The largest absolute Gasteiger partial charge is 0.353 e. The second kappa shape index (κ2) is 7.86. The van der Waals surface area contributed by atoms with Crippen molar-refractivity contribution in [1.29, 1.82) is 0 Å². The number of para-hydroxylation sites is 2. The summed E-state index contributed by atoms with van der Waals surface area (Å²) in [7, 11) is 0. The molecular formula is C19H28N4O3. The zero-order valence-corrected chi connectivity index (χ0v) is 16.1. The molecule has 0 aliphatic carbocycles. The molecule has 0 atom stereocenters. The van der Waals surface area contributed by atoms with Gasteiger partial charge >= 0.3 is 0 Å².